The molecule has 2 aliphatic rings. The Kier molecular flexibility index (Phi) is 6.51. The van der Waals surface area contributed by atoms with Crippen molar-refractivity contribution in [3.63, 3.8) is 0 Å². The van der Waals surface area contributed by atoms with Crippen molar-refractivity contribution in [2.24, 2.45) is 11.7 Å². The number of nitrogens with two attached hydrogens (primary N) is 1. The molecule has 0 bridgehead atoms. The molecule has 1 aromatic carbocycles. The molecule has 3 N–H and O–H groups in total. The summed E-state index contributed by atoms with van der Waals surface area (Å²) < 4.78 is 20.2. The number of hydrogen-bond acceptors (Lipinski definition) is 4. The highest BCUT2D eigenvalue weighted by atomic mass is 35.5. The molecule has 1 aliphatic heterocycles. The van der Waals surface area contributed by atoms with Crippen LogP contribution in [0.15, 0.2) is 18.2 Å². The van der Waals surface area contributed by atoms with E-state index in [0.717, 1.165) is 12.8 Å². The van der Waals surface area contributed by atoms with Gasteiger partial charge < -0.3 is 15.8 Å². The minimum atomic E-state index is -0.348. The summed E-state index contributed by atoms with van der Waals surface area (Å²) in [4.78, 5) is 14.6. The van der Waals surface area contributed by atoms with E-state index >= 15 is 0 Å². The van der Waals surface area contributed by atoms with Crippen molar-refractivity contribution in [2.45, 2.75) is 44.4 Å². The Morgan fingerprint density at radius 3 is 2.96 bits per heavy atom. The van der Waals surface area contributed by atoms with E-state index in [1.807, 2.05) is 6.92 Å². The number of hydrogen-bond donors (Lipinski definition) is 2. The zero-order valence-electron chi connectivity index (χ0n) is 15.1. The number of benzene rings is 1. The lowest BCUT2D eigenvalue weighted by Gasteiger charge is -2.38. The second kappa shape index (κ2) is 8.65. The number of carbonyl (C=O) groups is 1. The van der Waals surface area contributed by atoms with Crippen LogP contribution in [0.4, 0.5) is 4.39 Å². The van der Waals surface area contributed by atoms with Gasteiger partial charge in [-0.3, -0.25) is 9.69 Å². The van der Waals surface area contributed by atoms with Crippen LogP contribution in [-0.4, -0.2) is 49.2 Å². The molecule has 0 spiro atoms. The SMILES string of the molecule is CC1CN(C(CNC(=O)C2CCC(N)C2)c2c(F)cccc2Cl)CCO1. The molecule has 1 saturated heterocycles. The molecule has 1 heterocycles. The minimum Gasteiger partial charge on any atom is -0.376 e. The topological polar surface area (TPSA) is 67.6 Å². The highest BCUT2D eigenvalue weighted by Crippen LogP contribution is 2.31. The third-order valence-corrected chi connectivity index (χ3v) is 5.69. The van der Waals surface area contributed by atoms with Gasteiger partial charge in [0, 0.05) is 42.2 Å². The predicted octanol–water partition coefficient (Wildman–Crippen LogP) is 2.48. The lowest BCUT2D eigenvalue weighted by atomic mass is 10.0. The van der Waals surface area contributed by atoms with Gasteiger partial charge in [-0.25, -0.2) is 4.39 Å². The number of halogens is 2. The third kappa shape index (κ3) is 4.55. The Bertz CT molecular complexity index is 625. The number of rotatable bonds is 5. The van der Waals surface area contributed by atoms with Crippen molar-refractivity contribution in [1.29, 1.82) is 0 Å². The van der Waals surface area contributed by atoms with Gasteiger partial charge in [0.2, 0.25) is 5.91 Å². The third-order valence-electron chi connectivity index (χ3n) is 5.36. The molecule has 26 heavy (non-hydrogen) atoms. The van der Waals surface area contributed by atoms with Crippen LogP contribution >= 0.6 is 11.6 Å². The van der Waals surface area contributed by atoms with Crippen LogP contribution < -0.4 is 11.1 Å². The number of amides is 1. The first-order valence-electron chi connectivity index (χ1n) is 9.28. The van der Waals surface area contributed by atoms with Crippen LogP contribution in [0.25, 0.3) is 0 Å². The Morgan fingerprint density at radius 2 is 2.31 bits per heavy atom. The quantitative estimate of drug-likeness (QED) is 0.819. The first-order valence-corrected chi connectivity index (χ1v) is 9.66. The fourth-order valence-electron chi connectivity index (χ4n) is 3.97. The van der Waals surface area contributed by atoms with Gasteiger partial charge in [-0.2, -0.15) is 0 Å². The molecule has 144 valence electrons. The number of ether oxygens (including phenoxy) is 1. The molecule has 2 fully saturated rings. The molecule has 1 amide bonds. The van der Waals surface area contributed by atoms with E-state index in [2.05, 4.69) is 10.2 Å². The van der Waals surface area contributed by atoms with Gasteiger partial charge in [0.15, 0.2) is 0 Å². The van der Waals surface area contributed by atoms with Gasteiger partial charge in [0.25, 0.3) is 0 Å². The van der Waals surface area contributed by atoms with Gasteiger partial charge in [-0.15, -0.1) is 0 Å². The van der Waals surface area contributed by atoms with Crippen LogP contribution in [0.3, 0.4) is 0 Å². The Labute approximate surface area is 159 Å². The fourth-order valence-corrected chi connectivity index (χ4v) is 4.26. The van der Waals surface area contributed by atoms with Crippen molar-refractivity contribution in [2.75, 3.05) is 26.2 Å². The van der Waals surface area contributed by atoms with E-state index in [1.54, 1.807) is 12.1 Å². The van der Waals surface area contributed by atoms with Crippen LogP contribution in [0.2, 0.25) is 5.02 Å². The molecule has 1 aromatic rings. The summed E-state index contributed by atoms with van der Waals surface area (Å²) in [5.74, 6) is -0.402. The molecule has 4 atom stereocenters. The highest BCUT2D eigenvalue weighted by molar-refractivity contribution is 6.31. The molecule has 0 radical (unpaired) electrons. The Hall–Kier alpha value is -1.21. The van der Waals surface area contributed by atoms with Crippen molar-refractivity contribution in [1.82, 2.24) is 10.2 Å². The molecular formula is C19H27ClFN3O2. The Morgan fingerprint density at radius 1 is 1.50 bits per heavy atom. The maximum Gasteiger partial charge on any atom is 0.223 e. The largest absolute Gasteiger partial charge is 0.376 e. The fraction of sp³-hybridized carbons (Fsp3) is 0.632. The van der Waals surface area contributed by atoms with Crippen LogP contribution in [0.5, 0.6) is 0 Å². The first kappa shape index (κ1) is 19.5. The molecule has 4 unspecified atom stereocenters. The van der Waals surface area contributed by atoms with E-state index in [4.69, 9.17) is 22.1 Å². The van der Waals surface area contributed by atoms with Crippen LogP contribution in [0, 0.1) is 11.7 Å². The number of carbonyl (C=O) groups excluding carboxylic acids is 1. The van der Waals surface area contributed by atoms with E-state index in [0.29, 0.717) is 43.2 Å². The zero-order chi connectivity index (χ0) is 18.7. The van der Waals surface area contributed by atoms with E-state index in [1.165, 1.54) is 6.07 Å². The Balaban J connectivity index is 1.76. The predicted molar refractivity (Wildman–Crippen MR) is 99.5 cm³/mol. The zero-order valence-corrected chi connectivity index (χ0v) is 15.8. The molecular weight excluding hydrogens is 357 g/mol. The number of morpholine rings is 1. The van der Waals surface area contributed by atoms with Gasteiger partial charge in [-0.1, -0.05) is 17.7 Å². The lowest BCUT2D eigenvalue weighted by molar-refractivity contribution is -0.125. The summed E-state index contributed by atoms with van der Waals surface area (Å²) in [6.45, 7) is 4.22. The van der Waals surface area contributed by atoms with E-state index < -0.39 is 0 Å². The normalized spacial score (nSPS) is 28.1. The summed E-state index contributed by atoms with van der Waals surface area (Å²) in [6, 6.07) is 4.47. The first-order chi connectivity index (χ1) is 12.5. The smallest absolute Gasteiger partial charge is 0.223 e. The summed E-state index contributed by atoms with van der Waals surface area (Å²) in [5.41, 5.74) is 6.35. The van der Waals surface area contributed by atoms with Gasteiger partial charge >= 0.3 is 0 Å². The van der Waals surface area contributed by atoms with Crippen LogP contribution in [-0.2, 0) is 9.53 Å². The molecule has 5 nitrogen and oxygen atoms in total. The van der Waals surface area contributed by atoms with Gasteiger partial charge in [0.1, 0.15) is 5.82 Å². The maximum atomic E-state index is 14.6. The average molecular weight is 384 g/mol. The van der Waals surface area contributed by atoms with Crippen molar-refractivity contribution < 1.29 is 13.9 Å². The van der Waals surface area contributed by atoms with Crippen LogP contribution in [0.1, 0.15) is 37.8 Å². The second-order valence-corrected chi connectivity index (χ2v) is 7.75. The molecule has 7 heteroatoms. The van der Waals surface area contributed by atoms with Gasteiger partial charge in [0.05, 0.1) is 18.8 Å². The molecule has 1 saturated carbocycles. The molecule has 1 aliphatic carbocycles. The summed E-state index contributed by atoms with van der Waals surface area (Å²) in [7, 11) is 0. The minimum absolute atomic E-state index is 0.00304. The maximum absolute atomic E-state index is 14.6. The standard InChI is InChI=1S/C19H27ClFN3O2/c1-12-11-24(7-8-26-12)17(18-15(20)3-2-4-16(18)21)10-23-19(25)13-5-6-14(22)9-13/h2-4,12-14,17H,5-11,22H2,1H3,(H,23,25). The summed E-state index contributed by atoms with van der Waals surface area (Å²) in [6.07, 6.45) is 2.46. The number of nitrogens with zero attached hydrogens (tertiary/aromatic N) is 1. The monoisotopic (exact) mass is 383 g/mol. The van der Waals surface area contributed by atoms with Gasteiger partial charge in [-0.05, 0) is 38.3 Å². The lowest BCUT2D eigenvalue weighted by Crippen LogP contribution is -2.47. The van der Waals surface area contributed by atoms with Crippen molar-refractivity contribution >= 4 is 17.5 Å². The highest BCUT2D eigenvalue weighted by Gasteiger charge is 2.32. The number of nitrogens with one attached hydrogen (secondary N) is 1. The summed E-state index contributed by atoms with van der Waals surface area (Å²) >= 11 is 6.31. The second-order valence-electron chi connectivity index (χ2n) is 7.34. The van der Waals surface area contributed by atoms with E-state index in [9.17, 15) is 9.18 Å². The molecule has 3 rings (SSSR count). The van der Waals surface area contributed by atoms with Crippen molar-refractivity contribution in [3.05, 3.63) is 34.6 Å². The summed E-state index contributed by atoms with van der Waals surface area (Å²) in [5, 5.41) is 3.39. The van der Waals surface area contributed by atoms with Crippen molar-refractivity contribution in [3.8, 4) is 0 Å². The molecule has 0 aromatic heterocycles. The average Bonchev–Trinajstić information content (AvgIpc) is 3.03. The van der Waals surface area contributed by atoms with E-state index in [-0.39, 0.29) is 35.8 Å².